The molecule has 8 nitrogen and oxygen atoms in total. The summed E-state index contributed by atoms with van der Waals surface area (Å²) in [5.74, 6) is -0.333. The Morgan fingerprint density at radius 3 is 2.44 bits per heavy atom. The van der Waals surface area contributed by atoms with E-state index >= 15 is 0 Å². The van der Waals surface area contributed by atoms with Crippen molar-refractivity contribution in [3.63, 3.8) is 0 Å². The van der Waals surface area contributed by atoms with Crippen LogP contribution < -0.4 is 9.46 Å². The zero-order chi connectivity index (χ0) is 24.5. The number of aromatic nitrogens is 1. The van der Waals surface area contributed by atoms with Gasteiger partial charge in [0.25, 0.3) is 10.0 Å². The van der Waals surface area contributed by atoms with Gasteiger partial charge in [0.1, 0.15) is 12.0 Å². The molecule has 0 saturated heterocycles. The molecule has 0 bridgehead atoms. The quantitative estimate of drug-likeness (QED) is 0.452. The SMILES string of the molecule is COc1cc(C(=O)O)ccc1NS(=O)(=O)c1coc(-c2ccc(C3CCC(C)(C)CC3)cc2)n1. The maximum Gasteiger partial charge on any atom is 0.335 e. The molecule has 2 N–H and O–H groups in total. The molecule has 0 atom stereocenters. The number of anilines is 1. The fraction of sp³-hybridized carbons (Fsp3) is 0.360. The summed E-state index contributed by atoms with van der Waals surface area (Å²) in [7, 11) is -2.76. The van der Waals surface area contributed by atoms with Crippen LogP contribution in [0.2, 0.25) is 0 Å². The monoisotopic (exact) mass is 484 g/mol. The maximum atomic E-state index is 12.8. The smallest absolute Gasteiger partial charge is 0.335 e. The van der Waals surface area contributed by atoms with Crippen molar-refractivity contribution in [1.82, 2.24) is 4.98 Å². The van der Waals surface area contributed by atoms with E-state index in [2.05, 4.69) is 35.7 Å². The van der Waals surface area contributed by atoms with Gasteiger partial charge in [-0.3, -0.25) is 4.72 Å². The number of sulfonamides is 1. The Hall–Kier alpha value is -3.33. The number of nitrogens with zero attached hydrogens (tertiary/aromatic N) is 1. The molecule has 0 radical (unpaired) electrons. The second kappa shape index (κ2) is 9.13. The number of rotatable bonds is 7. The van der Waals surface area contributed by atoms with Crippen LogP contribution in [0.25, 0.3) is 11.5 Å². The molecule has 0 aliphatic heterocycles. The molecule has 1 aromatic heterocycles. The number of oxazole rings is 1. The lowest BCUT2D eigenvalue weighted by atomic mass is 9.71. The normalized spacial score (nSPS) is 16.2. The van der Waals surface area contributed by atoms with E-state index in [1.165, 1.54) is 43.7 Å². The van der Waals surface area contributed by atoms with Gasteiger partial charge in [-0.2, -0.15) is 13.4 Å². The van der Waals surface area contributed by atoms with E-state index in [9.17, 15) is 13.2 Å². The molecular weight excluding hydrogens is 456 g/mol. The molecule has 0 spiro atoms. The van der Waals surface area contributed by atoms with Crippen molar-refractivity contribution in [3.05, 3.63) is 59.9 Å². The first-order valence-corrected chi connectivity index (χ1v) is 12.6. The van der Waals surface area contributed by atoms with Crippen LogP contribution in [-0.4, -0.2) is 31.6 Å². The van der Waals surface area contributed by atoms with Crippen LogP contribution in [-0.2, 0) is 10.0 Å². The molecule has 1 fully saturated rings. The van der Waals surface area contributed by atoms with Crippen molar-refractivity contribution in [3.8, 4) is 17.2 Å². The standard InChI is InChI=1S/C25H28N2O6S/c1-25(2)12-10-17(11-13-25)16-4-6-18(7-5-16)23-26-22(15-33-23)34(30,31)27-20-9-8-19(24(28)29)14-21(20)32-3/h4-9,14-15,17,27H,10-13H2,1-3H3,(H,28,29). The number of methoxy groups -OCH3 is 1. The second-order valence-corrected chi connectivity index (χ2v) is 11.0. The van der Waals surface area contributed by atoms with E-state index in [-0.39, 0.29) is 27.9 Å². The number of benzene rings is 2. The highest BCUT2D eigenvalue weighted by atomic mass is 32.2. The van der Waals surface area contributed by atoms with E-state index in [1.54, 1.807) is 0 Å². The summed E-state index contributed by atoms with van der Waals surface area (Å²) in [5.41, 5.74) is 2.44. The van der Waals surface area contributed by atoms with Gasteiger partial charge in [0.2, 0.25) is 10.9 Å². The number of ether oxygens (including phenoxy) is 1. The number of carboxylic acid groups (broad SMARTS) is 1. The lowest BCUT2D eigenvalue weighted by Gasteiger charge is -2.34. The van der Waals surface area contributed by atoms with E-state index in [0.717, 1.165) is 19.1 Å². The maximum absolute atomic E-state index is 12.8. The van der Waals surface area contributed by atoms with Gasteiger partial charge in [-0.25, -0.2) is 4.79 Å². The van der Waals surface area contributed by atoms with Crippen LogP contribution in [0.4, 0.5) is 5.69 Å². The summed E-state index contributed by atoms with van der Waals surface area (Å²) < 4.78 is 38.6. The number of nitrogens with one attached hydrogen (secondary N) is 1. The van der Waals surface area contributed by atoms with Crippen LogP contribution >= 0.6 is 0 Å². The summed E-state index contributed by atoms with van der Waals surface area (Å²) >= 11 is 0. The van der Waals surface area contributed by atoms with Gasteiger partial charge in [-0.05, 0) is 72.9 Å². The van der Waals surface area contributed by atoms with Crippen molar-refractivity contribution < 1.29 is 27.5 Å². The predicted octanol–water partition coefficient (Wildman–Crippen LogP) is 5.53. The van der Waals surface area contributed by atoms with Gasteiger partial charge < -0.3 is 14.3 Å². The average molecular weight is 485 g/mol. The number of hydrogen-bond acceptors (Lipinski definition) is 6. The molecule has 1 saturated carbocycles. The number of carboxylic acids is 1. The molecule has 34 heavy (non-hydrogen) atoms. The van der Waals surface area contributed by atoms with Gasteiger partial charge in [-0.1, -0.05) is 26.0 Å². The highest BCUT2D eigenvalue weighted by Crippen LogP contribution is 2.42. The van der Waals surface area contributed by atoms with Crippen molar-refractivity contribution in [2.75, 3.05) is 11.8 Å². The third kappa shape index (κ3) is 5.09. The van der Waals surface area contributed by atoms with Gasteiger partial charge in [0, 0.05) is 5.56 Å². The van der Waals surface area contributed by atoms with Crippen molar-refractivity contribution in [2.45, 2.75) is 50.5 Å². The van der Waals surface area contributed by atoms with E-state index < -0.39 is 16.0 Å². The first-order chi connectivity index (χ1) is 16.1. The Morgan fingerprint density at radius 1 is 1.15 bits per heavy atom. The van der Waals surface area contributed by atoms with Gasteiger partial charge in [0.15, 0.2) is 0 Å². The minimum Gasteiger partial charge on any atom is -0.495 e. The Labute approximate surface area is 199 Å². The van der Waals surface area contributed by atoms with Crippen LogP contribution in [0.3, 0.4) is 0 Å². The van der Waals surface area contributed by atoms with Crippen molar-refractivity contribution in [1.29, 1.82) is 0 Å². The average Bonchev–Trinajstić information content (AvgIpc) is 3.31. The van der Waals surface area contributed by atoms with Gasteiger partial charge in [-0.15, -0.1) is 0 Å². The molecule has 3 aromatic rings. The first-order valence-electron chi connectivity index (χ1n) is 11.1. The molecule has 180 valence electrons. The zero-order valence-corrected chi connectivity index (χ0v) is 20.2. The molecule has 1 aliphatic rings. The summed E-state index contributed by atoms with van der Waals surface area (Å²) in [6, 6.07) is 11.8. The summed E-state index contributed by atoms with van der Waals surface area (Å²) in [6.45, 7) is 4.63. The largest absolute Gasteiger partial charge is 0.495 e. The third-order valence-electron chi connectivity index (χ3n) is 6.42. The predicted molar refractivity (Wildman–Crippen MR) is 128 cm³/mol. The number of hydrogen-bond donors (Lipinski definition) is 2. The topological polar surface area (TPSA) is 119 Å². The van der Waals surface area contributed by atoms with Crippen LogP contribution in [0.1, 0.15) is 61.4 Å². The third-order valence-corrected chi connectivity index (χ3v) is 7.65. The molecule has 0 unspecified atom stereocenters. The lowest BCUT2D eigenvalue weighted by Crippen LogP contribution is -2.20. The fourth-order valence-electron chi connectivity index (χ4n) is 4.25. The van der Waals surface area contributed by atoms with Crippen LogP contribution in [0.5, 0.6) is 5.75 Å². The van der Waals surface area contributed by atoms with E-state index in [0.29, 0.717) is 16.9 Å². The van der Waals surface area contributed by atoms with Gasteiger partial charge >= 0.3 is 5.97 Å². The van der Waals surface area contributed by atoms with E-state index in [1.807, 2.05) is 12.1 Å². The summed E-state index contributed by atoms with van der Waals surface area (Å²) in [4.78, 5) is 15.3. The summed E-state index contributed by atoms with van der Waals surface area (Å²) in [6.07, 6.45) is 5.81. The Morgan fingerprint density at radius 2 is 1.82 bits per heavy atom. The van der Waals surface area contributed by atoms with Crippen molar-refractivity contribution >= 4 is 21.7 Å². The minimum atomic E-state index is -4.08. The fourth-order valence-corrected chi connectivity index (χ4v) is 5.19. The first kappa shape index (κ1) is 23.8. The Balaban J connectivity index is 1.50. The van der Waals surface area contributed by atoms with Crippen LogP contribution in [0, 0.1) is 5.41 Å². The summed E-state index contributed by atoms with van der Waals surface area (Å²) in [5, 5.41) is 8.83. The Kier molecular flexibility index (Phi) is 6.40. The Bertz CT molecular complexity index is 1290. The van der Waals surface area contributed by atoms with Crippen LogP contribution in [0.15, 0.2) is 58.2 Å². The molecular formula is C25H28N2O6S. The molecule has 4 rings (SSSR count). The molecule has 2 aromatic carbocycles. The highest BCUT2D eigenvalue weighted by Gasteiger charge is 2.28. The molecule has 1 aliphatic carbocycles. The lowest BCUT2D eigenvalue weighted by molar-refractivity contribution is 0.0696. The second-order valence-electron chi connectivity index (χ2n) is 9.38. The van der Waals surface area contributed by atoms with Crippen molar-refractivity contribution in [2.24, 2.45) is 5.41 Å². The molecule has 9 heteroatoms. The highest BCUT2D eigenvalue weighted by molar-refractivity contribution is 7.92. The van der Waals surface area contributed by atoms with Gasteiger partial charge in [0.05, 0.1) is 18.4 Å². The zero-order valence-electron chi connectivity index (χ0n) is 19.4. The minimum absolute atomic E-state index is 0.0242. The number of aromatic carboxylic acids is 1. The van der Waals surface area contributed by atoms with E-state index in [4.69, 9.17) is 14.3 Å². The number of carbonyl (C=O) groups is 1. The molecule has 1 heterocycles. The molecule has 0 amide bonds.